The lowest BCUT2D eigenvalue weighted by molar-refractivity contribution is 0.179. The van der Waals surface area contributed by atoms with E-state index in [4.69, 9.17) is 4.74 Å². The fraction of sp³-hybridized carbons (Fsp3) is 0.400. The summed E-state index contributed by atoms with van der Waals surface area (Å²) in [6, 6.07) is 4.04. The number of pyridine rings is 1. The topological polar surface area (TPSA) is 37.4 Å². The number of hydrogen-bond acceptors (Lipinski definition) is 5. The van der Waals surface area contributed by atoms with Crippen molar-refractivity contribution in [1.82, 2.24) is 15.2 Å². The lowest BCUT2D eigenvalue weighted by Gasteiger charge is -2.29. The monoisotopic (exact) mass is 561 g/mol. The van der Waals surface area contributed by atoms with E-state index in [0.29, 0.717) is 18.4 Å². The van der Waals surface area contributed by atoms with Crippen molar-refractivity contribution in [1.29, 1.82) is 0 Å². The second-order valence-electron chi connectivity index (χ2n) is 10.4. The first-order chi connectivity index (χ1) is 19.0. The maximum atomic E-state index is 5.33. The minimum atomic E-state index is 0.357. The fourth-order valence-corrected chi connectivity index (χ4v) is 4.86. The maximum absolute atomic E-state index is 5.33. The minimum Gasteiger partial charge on any atom is -0.379 e. The van der Waals surface area contributed by atoms with Crippen LogP contribution in [0.2, 0.25) is 0 Å². The quantitative estimate of drug-likeness (QED) is 0.181. The van der Waals surface area contributed by atoms with Crippen LogP contribution < -0.4 is 5.32 Å². The molecule has 1 unspecified atom stereocenters. The highest BCUT2D eigenvalue weighted by molar-refractivity contribution is 8.06. The van der Waals surface area contributed by atoms with Gasteiger partial charge in [-0.15, -0.1) is 0 Å². The zero-order chi connectivity index (χ0) is 30.1. The summed E-state index contributed by atoms with van der Waals surface area (Å²) in [5.74, 6) is 0.918. The van der Waals surface area contributed by atoms with Crippen LogP contribution in [0.15, 0.2) is 113 Å². The van der Waals surface area contributed by atoms with Gasteiger partial charge in [-0.3, -0.25) is 4.98 Å². The van der Waals surface area contributed by atoms with E-state index < -0.39 is 0 Å². The number of allylic oxidation sites excluding steroid dienone is 10. The molecular formula is C35H51N3OS. The standard InChI is InChI=1S/C35H51N3OS/c1-12-14-35(28(6)19-22-38(24-26(3)4)30(8)25-39-11)23-29(7)37-32(10)40-31(9)27(5)15-16-33(13-2)34-17-20-36-21-18-34/h12-18,20-21,23,26,28,37H,7-8,10,19,22,24-25H2,1-6,9,11H3/b14-12-,16-15-,31-27+,33-13-,35-23+. The molecule has 40 heavy (non-hydrogen) atoms. The minimum absolute atomic E-state index is 0.357. The van der Waals surface area contributed by atoms with Gasteiger partial charge in [-0.1, -0.05) is 82.7 Å². The Balaban J connectivity index is 2.83. The molecule has 1 N–H and O–H groups in total. The van der Waals surface area contributed by atoms with E-state index >= 15 is 0 Å². The Morgan fingerprint density at radius 2 is 1.75 bits per heavy atom. The molecule has 1 aromatic heterocycles. The first kappa shape index (κ1) is 35.0. The van der Waals surface area contributed by atoms with Crippen molar-refractivity contribution in [3.05, 3.63) is 119 Å². The average Bonchev–Trinajstić information content (AvgIpc) is 2.91. The van der Waals surface area contributed by atoms with E-state index in [-0.39, 0.29) is 0 Å². The summed E-state index contributed by atoms with van der Waals surface area (Å²) in [7, 11) is 1.72. The molecule has 0 saturated carbocycles. The van der Waals surface area contributed by atoms with Crippen molar-refractivity contribution in [2.24, 2.45) is 11.8 Å². The molecule has 4 nitrogen and oxygen atoms in total. The number of rotatable bonds is 18. The summed E-state index contributed by atoms with van der Waals surface area (Å²) in [5, 5.41) is 4.23. The van der Waals surface area contributed by atoms with E-state index in [2.05, 4.69) is 113 Å². The van der Waals surface area contributed by atoms with Crippen LogP contribution in [0.4, 0.5) is 0 Å². The maximum Gasteiger partial charge on any atom is 0.0854 e. The molecule has 0 spiro atoms. The normalized spacial score (nSPS) is 14.0. The Bertz CT molecular complexity index is 1120. The summed E-state index contributed by atoms with van der Waals surface area (Å²) < 4.78 is 5.33. The smallest absolute Gasteiger partial charge is 0.0854 e. The number of methoxy groups -OCH3 is 1. The number of nitrogens with zero attached hydrogens (tertiary/aromatic N) is 2. The van der Waals surface area contributed by atoms with Crippen LogP contribution in [0, 0.1) is 11.8 Å². The van der Waals surface area contributed by atoms with Crippen LogP contribution in [0.3, 0.4) is 0 Å². The van der Waals surface area contributed by atoms with Crippen molar-refractivity contribution in [3.63, 3.8) is 0 Å². The molecule has 5 heteroatoms. The molecule has 0 aliphatic heterocycles. The van der Waals surface area contributed by atoms with Gasteiger partial charge in [-0.05, 0) is 91.3 Å². The Labute approximate surface area is 249 Å². The molecule has 0 saturated heterocycles. The zero-order valence-corrected chi connectivity index (χ0v) is 26.9. The van der Waals surface area contributed by atoms with E-state index in [1.807, 2.05) is 31.5 Å². The molecule has 0 aromatic carbocycles. The SMILES string of the molecule is C=C(/C=C(\C=C/C)C(C)CCN(CC(C)C)C(=C)COC)NC(=C)S/C(C)=C(C)/C=C\C(=C\C)c1ccncc1. The van der Waals surface area contributed by atoms with Gasteiger partial charge < -0.3 is 15.0 Å². The predicted octanol–water partition coefficient (Wildman–Crippen LogP) is 9.29. The van der Waals surface area contributed by atoms with E-state index in [0.717, 1.165) is 47.1 Å². The molecule has 1 aromatic rings. The van der Waals surface area contributed by atoms with Gasteiger partial charge in [0.25, 0.3) is 0 Å². The average molecular weight is 562 g/mol. The third kappa shape index (κ3) is 13.4. The van der Waals surface area contributed by atoms with Gasteiger partial charge in [0.05, 0.1) is 11.6 Å². The van der Waals surface area contributed by atoms with Crippen molar-refractivity contribution < 1.29 is 4.74 Å². The van der Waals surface area contributed by atoms with E-state index in [9.17, 15) is 0 Å². The Hall–Kier alpha value is -3.02. The Kier molecular flexibility index (Phi) is 16.7. The van der Waals surface area contributed by atoms with Gasteiger partial charge in [-0.25, -0.2) is 0 Å². The molecule has 218 valence electrons. The molecule has 1 rings (SSSR count). The van der Waals surface area contributed by atoms with Crippen LogP contribution in [-0.2, 0) is 4.74 Å². The first-order valence-electron chi connectivity index (χ1n) is 14.0. The van der Waals surface area contributed by atoms with Crippen LogP contribution in [0.1, 0.15) is 60.5 Å². The van der Waals surface area contributed by atoms with Gasteiger partial charge in [0, 0.05) is 44.0 Å². The summed E-state index contributed by atoms with van der Waals surface area (Å²) in [6.45, 7) is 30.3. The van der Waals surface area contributed by atoms with Gasteiger partial charge in [0.1, 0.15) is 0 Å². The highest BCUT2D eigenvalue weighted by Crippen LogP contribution is 2.27. The second-order valence-corrected chi connectivity index (χ2v) is 11.7. The third-order valence-electron chi connectivity index (χ3n) is 6.41. The molecule has 0 bridgehead atoms. The molecule has 0 fully saturated rings. The lowest BCUT2D eigenvalue weighted by atomic mass is 9.95. The van der Waals surface area contributed by atoms with Crippen molar-refractivity contribution in [2.45, 2.75) is 54.9 Å². The lowest BCUT2D eigenvalue weighted by Crippen LogP contribution is -2.30. The molecule has 0 radical (unpaired) electrons. The number of ether oxygens (including phenoxy) is 1. The second kappa shape index (κ2) is 19.1. The Morgan fingerprint density at radius 1 is 1.07 bits per heavy atom. The molecule has 0 aliphatic carbocycles. The van der Waals surface area contributed by atoms with Crippen LogP contribution in [0.5, 0.6) is 0 Å². The molecular weight excluding hydrogens is 510 g/mol. The van der Waals surface area contributed by atoms with Gasteiger partial charge in [0.2, 0.25) is 0 Å². The van der Waals surface area contributed by atoms with Gasteiger partial charge in [0.15, 0.2) is 0 Å². The summed E-state index contributed by atoms with van der Waals surface area (Å²) >= 11 is 1.62. The summed E-state index contributed by atoms with van der Waals surface area (Å²) in [5.41, 5.74) is 6.60. The Morgan fingerprint density at radius 3 is 2.33 bits per heavy atom. The first-order valence-corrected chi connectivity index (χ1v) is 14.8. The molecule has 0 aliphatic rings. The molecule has 1 atom stereocenters. The molecule has 0 amide bonds. The number of nitrogens with one attached hydrogen (secondary N) is 1. The van der Waals surface area contributed by atoms with Gasteiger partial charge >= 0.3 is 0 Å². The molecule has 1 heterocycles. The largest absolute Gasteiger partial charge is 0.379 e. The zero-order valence-electron chi connectivity index (χ0n) is 26.1. The van der Waals surface area contributed by atoms with Crippen LogP contribution >= 0.6 is 11.8 Å². The van der Waals surface area contributed by atoms with Crippen LogP contribution in [0.25, 0.3) is 5.57 Å². The van der Waals surface area contributed by atoms with Crippen molar-refractivity contribution >= 4 is 17.3 Å². The van der Waals surface area contributed by atoms with Crippen molar-refractivity contribution in [3.8, 4) is 0 Å². The third-order valence-corrected chi connectivity index (χ3v) is 7.39. The van der Waals surface area contributed by atoms with E-state index in [1.54, 1.807) is 18.9 Å². The highest BCUT2D eigenvalue weighted by Gasteiger charge is 2.14. The summed E-state index contributed by atoms with van der Waals surface area (Å²) in [6.07, 6.45) is 17.4. The fourth-order valence-electron chi connectivity index (χ4n) is 4.08. The highest BCUT2D eigenvalue weighted by atomic mass is 32.2. The number of thioether (sulfide) groups is 1. The summed E-state index contributed by atoms with van der Waals surface area (Å²) in [4.78, 5) is 7.65. The number of aromatic nitrogens is 1. The van der Waals surface area contributed by atoms with Crippen LogP contribution in [-0.4, -0.2) is 36.7 Å². The van der Waals surface area contributed by atoms with Crippen molar-refractivity contribution in [2.75, 3.05) is 26.8 Å². The predicted molar refractivity (Wildman–Crippen MR) is 179 cm³/mol. The van der Waals surface area contributed by atoms with E-state index in [1.165, 1.54) is 16.1 Å². The van der Waals surface area contributed by atoms with Gasteiger partial charge in [-0.2, -0.15) is 0 Å². The number of hydrogen-bond donors (Lipinski definition) is 1.